The van der Waals surface area contributed by atoms with E-state index in [1.54, 1.807) is 6.08 Å². The summed E-state index contributed by atoms with van der Waals surface area (Å²) in [6, 6.07) is 16.8. The van der Waals surface area contributed by atoms with E-state index in [0.29, 0.717) is 6.42 Å². The van der Waals surface area contributed by atoms with Crippen molar-refractivity contribution in [2.24, 2.45) is 0 Å². The number of halogens is 1. The highest BCUT2D eigenvalue weighted by atomic mass is 79.9. The first kappa shape index (κ1) is 17.9. The van der Waals surface area contributed by atoms with Gasteiger partial charge in [0.15, 0.2) is 0 Å². The number of hydrogen-bond donors (Lipinski definition) is 1. The zero-order valence-electron chi connectivity index (χ0n) is 12.9. The molecule has 4 nitrogen and oxygen atoms in total. The lowest BCUT2D eigenvalue weighted by Crippen LogP contribution is -2.12. The van der Waals surface area contributed by atoms with Gasteiger partial charge in [-0.15, -0.1) is 0 Å². The molecule has 0 heterocycles. The van der Waals surface area contributed by atoms with Gasteiger partial charge in [-0.2, -0.15) is 0 Å². The largest absolute Gasteiger partial charge is 0.481 e. The minimum absolute atomic E-state index is 0.117. The molecule has 0 saturated heterocycles. The number of rotatable bonds is 7. The van der Waals surface area contributed by atoms with Crippen molar-refractivity contribution in [2.75, 3.05) is 0 Å². The third kappa shape index (κ3) is 5.66. The average Bonchev–Trinajstić information content (AvgIpc) is 2.58. The number of benzene rings is 2. The van der Waals surface area contributed by atoms with Crippen molar-refractivity contribution in [3.05, 3.63) is 81.8 Å². The summed E-state index contributed by atoms with van der Waals surface area (Å²) < 4.78 is 6.14. The van der Waals surface area contributed by atoms with Crippen LogP contribution in [0.1, 0.15) is 17.5 Å². The Bertz CT molecular complexity index is 738. The summed E-state index contributed by atoms with van der Waals surface area (Å²) in [6.07, 6.45) is 1.70. The van der Waals surface area contributed by atoms with Crippen LogP contribution in [0.2, 0.25) is 0 Å². The summed E-state index contributed by atoms with van der Waals surface area (Å²) in [5.74, 6) is -1.67. The molecule has 2 aromatic rings. The number of carbonyl (C=O) groups is 2. The van der Waals surface area contributed by atoms with E-state index in [0.717, 1.165) is 15.6 Å². The van der Waals surface area contributed by atoms with Gasteiger partial charge in [-0.05, 0) is 23.6 Å². The Morgan fingerprint density at radius 3 is 2.38 bits per heavy atom. The first-order valence-corrected chi connectivity index (χ1v) is 8.21. The highest BCUT2D eigenvalue weighted by molar-refractivity contribution is 9.10. The number of carboxylic acid groups (broad SMARTS) is 1. The first-order chi connectivity index (χ1) is 11.6. The van der Waals surface area contributed by atoms with Crippen LogP contribution in [0, 0.1) is 0 Å². The molecule has 0 aliphatic heterocycles. The van der Waals surface area contributed by atoms with Crippen LogP contribution in [-0.2, 0) is 27.4 Å². The van der Waals surface area contributed by atoms with Crippen LogP contribution in [0.4, 0.5) is 0 Å². The van der Waals surface area contributed by atoms with Gasteiger partial charge in [-0.1, -0.05) is 70.5 Å². The SMILES string of the molecule is O=C(O)CC(=CCc1ccccc1Br)C(=O)OCc1ccccc1. The van der Waals surface area contributed by atoms with Crippen LogP contribution in [0.25, 0.3) is 0 Å². The van der Waals surface area contributed by atoms with Crippen molar-refractivity contribution in [1.29, 1.82) is 0 Å². The zero-order valence-corrected chi connectivity index (χ0v) is 14.5. The van der Waals surface area contributed by atoms with E-state index < -0.39 is 11.9 Å². The van der Waals surface area contributed by atoms with Crippen LogP contribution in [0.3, 0.4) is 0 Å². The minimum atomic E-state index is -1.06. The summed E-state index contributed by atoms with van der Waals surface area (Å²) in [7, 11) is 0. The van der Waals surface area contributed by atoms with Crippen LogP contribution in [0.5, 0.6) is 0 Å². The maximum absolute atomic E-state index is 12.2. The van der Waals surface area contributed by atoms with Gasteiger partial charge in [0, 0.05) is 10.0 Å². The second-order valence-corrected chi connectivity index (χ2v) is 6.01. The number of ether oxygens (including phenoxy) is 1. The van der Waals surface area contributed by atoms with Crippen molar-refractivity contribution in [3.63, 3.8) is 0 Å². The van der Waals surface area contributed by atoms with E-state index in [-0.39, 0.29) is 18.6 Å². The molecular formula is C19H17BrO4. The van der Waals surface area contributed by atoms with Crippen molar-refractivity contribution < 1.29 is 19.4 Å². The van der Waals surface area contributed by atoms with E-state index in [4.69, 9.17) is 9.84 Å². The summed E-state index contributed by atoms with van der Waals surface area (Å²) in [4.78, 5) is 23.2. The van der Waals surface area contributed by atoms with E-state index in [1.807, 2.05) is 54.6 Å². The van der Waals surface area contributed by atoms with Crippen LogP contribution >= 0.6 is 15.9 Å². The zero-order chi connectivity index (χ0) is 17.4. The molecule has 0 aliphatic carbocycles. The molecule has 0 fully saturated rings. The Morgan fingerprint density at radius 1 is 1.04 bits per heavy atom. The smallest absolute Gasteiger partial charge is 0.334 e. The molecule has 0 spiro atoms. The summed E-state index contributed by atoms with van der Waals surface area (Å²) in [5.41, 5.74) is 1.97. The number of esters is 1. The molecule has 0 saturated carbocycles. The fourth-order valence-electron chi connectivity index (χ4n) is 2.10. The van der Waals surface area contributed by atoms with Crippen molar-refractivity contribution >= 4 is 27.9 Å². The Morgan fingerprint density at radius 2 is 1.71 bits per heavy atom. The quantitative estimate of drug-likeness (QED) is 0.571. The summed E-state index contributed by atoms with van der Waals surface area (Å²) in [6.45, 7) is 0.117. The first-order valence-electron chi connectivity index (χ1n) is 7.41. The fraction of sp³-hybridized carbons (Fsp3) is 0.158. The highest BCUT2D eigenvalue weighted by Crippen LogP contribution is 2.18. The molecule has 0 aliphatic rings. The van der Waals surface area contributed by atoms with Crippen molar-refractivity contribution in [2.45, 2.75) is 19.4 Å². The van der Waals surface area contributed by atoms with Gasteiger partial charge >= 0.3 is 11.9 Å². The Kier molecular flexibility index (Phi) is 6.75. The van der Waals surface area contributed by atoms with Crippen LogP contribution < -0.4 is 0 Å². The van der Waals surface area contributed by atoms with E-state index in [1.165, 1.54) is 0 Å². The van der Waals surface area contributed by atoms with Crippen LogP contribution in [-0.4, -0.2) is 17.0 Å². The average molecular weight is 389 g/mol. The molecule has 0 amide bonds. The Labute approximate surface area is 148 Å². The monoisotopic (exact) mass is 388 g/mol. The number of aliphatic carboxylic acids is 1. The lowest BCUT2D eigenvalue weighted by atomic mass is 10.1. The predicted octanol–water partition coefficient (Wildman–Crippen LogP) is 4.14. The van der Waals surface area contributed by atoms with Gasteiger partial charge in [0.1, 0.15) is 6.61 Å². The maximum Gasteiger partial charge on any atom is 0.334 e. The molecule has 0 atom stereocenters. The second kappa shape index (κ2) is 9.03. The Balaban J connectivity index is 2.06. The topological polar surface area (TPSA) is 63.6 Å². The fourth-order valence-corrected chi connectivity index (χ4v) is 2.55. The molecule has 0 radical (unpaired) electrons. The van der Waals surface area contributed by atoms with Crippen molar-refractivity contribution in [1.82, 2.24) is 0 Å². The van der Waals surface area contributed by atoms with Crippen molar-refractivity contribution in [3.8, 4) is 0 Å². The molecule has 124 valence electrons. The highest BCUT2D eigenvalue weighted by Gasteiger charge is 2.15. The summed E-state index contributed by atoms with van der Waals surface area (Å²) >= 11 is 3.43. The second-order valence-electron chi connectivity index (χ2n) is 5.16. The third-order valence-electron chi connectivity index (χ3n) is 3.34. The van der Waals surface area contributed by atoms with Gasteiger partial charge in [-0.3, -0.25) is 4.79 Å². The van der Waals surface area contributed by atoms with E-state index >= 15 is 0 Å². The van der Waals surface area contributed by atoms with Gasteiger partial charge in [0.25, 0.3) is 0 Å². The molecule has 0 unspecified atom stereocenters. The number of allylic oxidation sites excluding steroid dienone is 1. The molecule has 24 heavy (non-hydrogen) atoms. The van der Waals surface area contributed by atoms with Crippen LogP contribution in [0.15, 0.2) is 70.7 Å². The van der Waals surface area contributed by atoms with Gasteiger partial charge in [-0.25, -0.2) is 4.79 Å². The molecule has 2 rings (SSSR count). The maximum atomic E-state index is 12.2. The molecule has 1 N–H and O–H groups in total. The predicted molar refractivity (Wildman–Crippen MR) is 94.4 cm³/mol. The van der Waals surface area contributed by atoms with Gasteiger partial charge in [0.2, 0.25) is 0 Å². The minimum Gasteiger partial charge on any atom is -0.481 e. The van der Waals surface area contributed by atoms with E-state index in [2.05, 4.69) is 15.9 Å². The lowest BCUT2D eigenvalue weighted by Gasteiger charge is -2.08. The normalized spacial score (nSPS) is 11.1. The molecule has 5 heteroatoms. The lowest BCUT2D eigenvalue weighted by molar-refractivity contribution is -0.143. The number of hydrogen-bond acceptors (Lipinski definition) is 3. The summed E-state index contributed by atoms with van der Waals surface area (Å²) in [5, 5.41) is 9.01. The standard InChI is InChI=1S/C19H17BrO4/c20-17-9-5-4-8-15(17)10-11-16(12-18(21)22)19(23)24-13-14-6-2-1-3-7-14/h1-9,11H,10,12-13H2,(H,21,22). The third-order valence-corrected chi connectivity index (χ3v) is 4.12. The molecular weight excluding hydrogens is 372 g/mol. The van der Waals surface area contributed by atoms with Gasteiger partial charge < -0.3 is 9.84 Å². The Hall–Kier alpha value is -2.40. The number of carboxylic acids is 1. The molecule has 0 bridgehead atoms. The van der Waals surface area contributed by atoms with Gasteiger partial charge in [0.05, 0.1) is 6.42 Å². The van der Waals surface area contributed by atoms with E-state index in [9.17, 15) is 9.59 Å². The molecule has 2 aromatic carbocycles. The number of carbonyl (C=O) groups excluding carboxylic acids is 1. The molecule has 0 aromatic heterocycles.